The normalized spacial score (nSPS) is 28.9. The molecule has 1 heterocycles. The summed E-state index contributed by atoms with van der Waals surface area (Å²) < 4.78 is 6.01. The number of halogens is 3. The highest BCUT2D eigenvalue weighted by Crippen LogP contribution is 2.59. The molecule has 2 aromatic rings. The topological polar surface area (TPSA) is 92.8 Å². The van der Waals surface area contributed by atoms with Crippen LogP contribution in [0.2, 0.25) is 0 Å². The summed E-state index contributed by atoms with van der Waals surface area (Å²) in [5.41, 5.74) is 2.06. The van der Waals surface area contributed by atoms with Crippen LogP contribution in [0.15, 0.2) is 46.9 Å². The second kappa shape index (κ2) is 9.22. The summed E-state index contributed by atoms with van der Waals surface area (Å²) in [6, 6.07) is 11.4. The van der Waals surface area contributed by atoms with Crippen LogP contribution in [0.25, 0.3) is 0 Å². The Balaban J connectivity index is 1.21. The standard InChI is InChI=1S/C25H21BrCl2N2O5/c1-11-8-13(26)4-7-17(11)29-18(31)10-35-25(34)12-2-5-14(6-3-12)30-23(32)19-15-9-16(20(19)24(30)33)22(28)21(15)27/h2-8,15-16,19-22H,9-10H2,1H3,(H,29,31)/t15-,16-,19-,20+,21+,22+/m1/s1. The van der Waals surface area contributed by atoms with Gasteiger partial charge in [-0.2, -0.15) is 0 Å². The van der Waals surface area contributed by atoms with Crippen LogP contribution >= 0.6 is 39.1 Å². The Hall–Kier alpha value is -2.42. The third-order valence-electron chi connectivity index (χ3n) is 7.15. The Kier molecular flexibility index (Phi) is 6.40. The number of anilines is 2. The molecule has 2 bridgehead atoms. The van der Waals surface area contributed by atoms with Gasteiger partial charge in [0.25, 0.3) is 5.91 Å². The van der Waals surface area contributed by atoms with Gasteiger partial charge >= 0.3 is 5.97 Å². The average Bonchev–Trinajstić information content (AvgIpc) is 3.44. The maximum absolute atomic E-state index is 13.1. The Morgan fingerprint density at radius 3 is 2.20 bits per heavy atom. The summed E-state index contributed by atoms with van der Waals surface area (Å²) in [5.74, 6) is -2.78. The predicted molar refractivity (Wildman–Crippen MR) is 135 cm³/mol. The number of ether oxygens (including phenoxy) is 1. The van der Waals surface area contributed by atoms with E-state index in [1.807, 2.05) is 13.0 Å². The lowest BCUT2D eigenvalue weighted by atomic mass is 9.80. The zero-order valence-electron chi connectivity index (χ0n) is 18.5. The number of carbonyl (C=O) groups is 4. The first-order valence-corrected chi connectivity index (χ1v) is 12.8. The van der Waals surface area contributed by atoms with Crippen molar-refractivity contribution in [2.75, 3.05) is 16.8 Å². The highest BCUT2D eigenvalue weighted by Gasteiger charge is 2.66. The monoisotopic (exact) mass is 578 g/mol. The zero-order chi connectivity index (χ0) is 25.0. The van der Waals surface area contributed by atoms with Gasteiger partial charge in [0.05, 0.1) is 33.8 Å². The number of hydrogen-bond donors (Lipinski definition) is 1. The predicted octanol–water partition coefficient (Wildman–Crippen LogP) is 4.52. The van der Waals surface area contributed by atoms with Crippen LogP contribution in [-0.2, 0) is 19.1 Å². The molecule has 7 nitrogen and oxygen atoms in total. The Morgan fingerprint density at radius 2 is 1.63 bits per heavy atom. The van der Waals surface area contributed by atoms with Crippen molar-refractivity contribution in [3.8, 4) is 0 Å². The maximum atomic E-state index is 13.1. The molecule has 3 aliphatic rings. The van der Waals surface area contributed by atoms with E-state index in [4.69, 9.17) is 27.9 Å². The molecule has 0 unspecified atom stereocenters. The van der Waals surface area contributed by atoms with E-state index in [-0.39, 0.29) is 40.0 Å². The SMILES string of the molecule is Cc1cc(Br)ccc1NC(=O)COC(=O)c1ccc(N2C(=O)[C@@H]3[C@H]4C[C@@H]([C@H](Cl)[C@H]4Cl)[C@@H]3C2=O)cc1. The summed E-state index contributed by atoms with van der Waals surface area (Å²) in [6.45, 7) is 1.40. The molecule has 6 atom stereocenters. The van der Waals surface area contributed by atoms with Crippen molar-refractivity contribution in [2.24, 2.45) is 23.7 Å². The lowest BCUT2D eigenvalue weighted by molar-refractivity contribution is -0.123. The van der Waals surface area contributed by atoms with E-state index in [9.17, 15) is 19.2 Å². The van der Waals surface area contributed by atoms with Gasteiger partial charge in [-0.05, 0) is 73.2 Å². The van der Waals surface area contributed by atoms with Crippen molar-refractivity contribution in [3.63, 3.8) is 0 Å². The number of nitrogens with zero attached hydrogens (tertiary/aromatic N) is 1. The van der Waals surface area contributed by atoms with Gasteiger partial charge in [-0.3, -0.25) is 19.3 Å². The highest BCUT2D eigenvalue weighted by molar-refractivity contribution is 9.10. The first kappa shape index (κ1) is 24.3. The fourth-order valence-electron chi connectivity index (χ4n) is 5.52. The quantitative estimate of drug-likeness (QED) is 0.319. The van der Waals surface area contributed by atoms with Crippen LogP contribution in [0.4, 0.5) is 11.4 Å². The smallest absolute Gasteiger partial charge is 0.338 e. The molecule has 5 rings (SSSR count). The van der Waals surface area contributed by atoms with Crippen molar-refractivity contribution in [3.05, 3.63) is 58.1 Å². The van der Waals surface area contributed by atoms with Gasteiger partial charge in [0.1, 0.15) is 0 Å². The van der Waals surface area contributed by atoms with Gasteiger partial charge in [0.15, 0.2) is 6.61 Å². The maximum Gasteiger partial charge on any atom is 0.338 e. The lowest BCUT2D eigenvalue weighted by Crippen LogP contribution is -2.37. The van der Waals surface area contributed by atoms with Crippen LogP contribution in [0.3, 0.4) is 0 Å². The van der Waals surface area contributed by atoms with Crippen LogP contribution < -0.4 is 10.2 Å². The van der Waals surface area contributed by atoms with E-state index in [1.165, 1.54) is 29.2 Å². The van der Waals surface area contributed by atoms with Gasteiger partial charge in [0, 0.05) is 10.2 Å². The number of alkyl halides is 2. The third kappa shape index (κ3) is 4.15. The van der Waals surface area contributed by atoms with Gasteiger partial charge in [-0.15, -0.1) is 23.2 Å². The van der Waals surface area contributed by atoms with E-state index in [0.717, 1.165) is 10.0 Å². The summed E-state index contributed by atoms with van der Waals surface area (Å²) in [4.78, 5) is 52.0. The van der Waals surface area contributed by atoms with Gasteiger partial charge in [0.2, 0.25) is 11.8 Å². The summed E-state index contributed by atoms with van der Waals surface area (Å²) in [5, 5.41) is 2.06. The van der Waals surface area contributed by atoms with Gasteiger partial charge in [-0.25, -0.2) is 4.79 Å². The van der Waals surface area contributed by atoms with Crippen molar-refractivity contribution >= 4 is 74.2 Å². The van der Waals surface area contributed by atoms with Crippen molar-refractivity contribution < 1.29 is 23.9 Å². The lowest BCUT2D eigenvalue weighted by Gasteiger charge is -2.28. The van der Waals surface area contributed by atoms with E-state index in [0.29, 0.717) is 17.8 Å². The molecule has 2 aliphatic carbocycles. The molecular formula is C25H21BrCl2N2O5. The minimum atomic E-state index is -0.691. The van der Waals surface area contributed by atoms with Crippen molar-refractivity contribution in [1.29, 1.82) is 0 Å². The molecule has 0 spiro atoms. The molecule has 10 heteroatoms. The molecule has 3 fully saturated rings. The highest BCUT2D eigenvalue weighted by atomic mass is 79.9. The molecule has 0 radical (unpaired) electrons. The zero-order valence-corrected chi connectivity index (χ0v) is 21.6. The number of aryl methyl sites for hydroxylation is 1. The van der Waals surface area contributed by atoms with Crippen molar-refractivity contribution in [1.82, 2.24) is 0 Å². The molecule has 1 N–H and O–H groups in total. The van der Waals surface area contributed by atoms with E-state index < -0.39 is 30.3 Å². The molecule has 182 valence electrons. The Bertz CT molecular complexity index is 1200. The van der Waals surface area contributed by atoms with Crippen LogP contribution in [0.5, 0.6) is 0 Å². The number of fused-ring (bicyclic) bond motifs is 5. The number of amides is 3. The second-order valence-electron chi connectivity index (χ2n) is 9.15. The first-order chi connectivity index (χ1) is 16.7. The van der Waals surface area contributed by atoms with Crippen LogP contribution in [-0.4, -0.2) is 41.1 Å². The Morgan fingerprint density at radius 1 is 1.03 bits per heavy atom. The minimum absolute atomic E-state index is 0.0998. The minimum Gasteiger partial charge on any atom is -0.452 e. The second-order valence-corrected chi connectivity index (χ2v) is 11.1. The molecule has 3 amide bonds. The molecule has 0 aromatic heterocycles. The molecule has 2 saturated carbocycles. The molecule has 1 saturated heterocycles. The van der Waals surface area contributed by atoms with Crippen LogP contribution in [0.1, 0.15) is 22.3 Å². The number of imide groups is 1. The van der Waals surface area contributed by atoms with Gasteiger partial charge < -0.3 is 10.1 Å². The molecule has 2 aromatic carbocycles. The van der Waals surface area contributed by atoms with E-state index >= 15 is 0 Å². The summed E-state index contributed by atoms with van der Waals surface area (Å²) in [7, 11) is 0. The number of benzene rings is 2. The Labute approximate surface area is 220 Å². The third-order valence-corrected chi connectivity index (χ3v) is 8.96. The number of rotatable bonds is 5. The number of carbonyl (C=O) groups excluding carboxylic acids is 4. The van der Waals surface area contributed by atoms with E-state index in [1.54, 1.807) is 12.1 Å². The first-order valence-electron chi connectivity index (χ1n) is 11.2. The van der Waals surface area contributed by atoms with Gasteiger partial charge in [-0.1, -0.05) is 15.9 Å². The van der Waals surface area contributed by atoms with E-state index in [2.05, 4.69) is 21.2 Å². The average molecular weight is 580 g/mol. The fraction of sp³-hybridized carbons (Fsp3) is 0.360. The number of hydrogen-bond acceptors (Lipinski definition) is 5. The van der Waals surface area contributed by atoms with Crippen LogP contribution in [0, 0.1) is 30.6 Å². The summed E-state index contributed by atoms with van der Waals surface area (Å²) >= 11 is 16.2. The fourth-order valence-corrected chi connectivity index (χ4v) is 6.89. The molecule has 1 aliphatic heterocycles. The number of esters is 1. The largest absolute Gasteiger partial charge is 0.452 e. The summed E-state index contributed by atoms with van der Waals surface area (Å²) in [6.07, 6.45) is 0.697. The van der Waals surface area contributed by atoms with Crippen molar-refractivity contribution in [2.45, 2.75) is 24.1 Å². The molecular weight excluding hydrogens is 559 g/mol. The number of nitrogens with one attached hydrogen (secondary N) is 1. The molecule has 35 heavy (non-hydrogen) atoms.